The second-order valence-electron chi connectivity index (χ2n) is 4.89. The maximum absolute atomic E-state index is 5.53. The minimum Gasteiger partial charge on any atom is -0.454 e. The molecule has 0 saturated carbocycles. The molecular weight excluding hydrogens is 324 g/mol. The zero-order chi connectivity index (χ0) is 14.4. The molecule has 20 heavy (non-hydrogen) atoms. The minimum absolute atomic E-state index is 0.304. The molecule has 0 aromatic heterocycles. The van der Waals surface area contributed by atoms with Crippen molar-refractivity contribution in [1.29, 1.82) is 0 Å². The molecule has 0 bridgehead atoms. The molecule has 0 unspecified atom stereocenters. The molecule has 0 spiro atoms. The van der Waals surface area contributed by atoms with Crippen molar-refractivity contribution in [3.05, 3.63) is 22.2 Å². The smallest absolute Gasteiger partial charge is 0.231 e. The summed E-state index contributed by atoms with van der Waals surface area (Å²) >= 11 is 3.55. The van der Waals surface area contributed by atoms with Gasteiger partial charge >= 0.3 is 0 Å². The first-order valence-corrected chi connectivity index (χ1v) is 7.47. The number of halogens is 1. The van der Waals surface area contributed by atoms with Gasteiger partial charge in [-0.05, 0) is 31.8 Å². The summed E-state index contributed by atoms with van der Waals surface area (Å²) in [4.78, 5) is 2.11. The molecule has 0 aliphatic carbocycles. The van der Waals surface area contributed by atoms with Gasteiger partial charge in [-0.25, -0.2) is 0 Å². The van der Waals surface area contributed by atoms with Crippen molar-refractivity contribution in [2.75, 3.05) is 47.2 Å². The molecule has 112 valence electrons. The van der Waals surface area contributed by atoms with Crippen molar-refractivity contribution in [3.63, 3.8) is 0 Å². The molecular formula is C14H21BrN2O3. The molecule has 1 aromatic carbocycles. The lowest BCUT2D eigenvalue weighted by Gasteiger charge is -2.11. The van der Waals surface area contributed by atoms with E-state index >= 15 is 0 Å². The second-order valence-corrected chi connectivity index (χ2v) is 5.74. The highest BCUT2D eigenvalue weighted by Crippen LogP contribution is 2.36. The van der Waals surface area contributed by atoms with E-state index in [2.05, 4.69) is 26.1 Å². The third kappa shape index (κ3) is 4.63. The van der Waals surface area contributed by atoms with Gasteiger partial charge in [0.15, 0.2) is 11.5 Å². The Kier molecular flexibility index (Phi) is 6.09. The monoisotopic (exact) mass is 344 g/mol. The topological polar surface area (TPSA) is 43.0 Å². The third-order valence-electron chi connectivity index (χ3n) is 2.96. The Morgan fingerprint density at radius 1 is 1.25 bits per heavy atom. The summed E-state index contributed by atoms with van der Waals surface area (Å²) in [6.45, 7) is 4.34. The van der Waals surface area contributed by atoms with Gasteiger partial charge in [0.05, 0.1) is 13.2 Å². The molecule has 0 atom stereocenters. The molecule has 5 nitrogen and oxygen atoms in total. The molecule has 6 heteroatoms. The highest BCUT2D eigenvalue weighted by atomic mass is 79.9. The predicted molar refractivity (Wildman–Crippen MR) is 81.3 cm³/mol. The van der Waals surface area contributed by atoms with Gasteiger partial charge < -0.3 is 24.4 Å². The van der Waals surface area contributed by atoms with Crippen molar-refractivity contribution in [3.8, 4) is 11.5 Å². The predicted octanol–water partition coefficient (Wildman–Crippen LogP) is 1.85. The lowest BCUT2D eigenvalue weighted by molar-refractivity contribution is 0.119. The Bertz CT molecular complexity index is 441. The maximum atomic E-state index is 5.53. The van der Waals surface area contributed by atoms with Crippen LogP contribution in [-0.4, -0.2) is 52.1 Å². The normalized spacial score (nSPS) is 13.2. The van der Waals surface area contributed by atoms with Crippen LogP contribution in [0.4, 0.5) is 0 Å². The fraction of sp³-hybridized carbons (Fsp3) is 0.571. The number of rotatable bonds is 8. The zero-order valence-electron chi connectivity index (χ0n) is 11.9. The van der Waals surface area contributed by atoms with Gasteiger partial charge in [0.25, 0.3) is 0 Å². The Morgan fingerprint density at radius 3 is 2.75 bits per heavy atom. The minimum atomic E-state index is 0.304. The van der Waals surface area contributed by atoms with Crippen LogP contribution in [0, 0.1) is 0 Å². The van der Waals surface area contributed by atoms with Crippen LogP contribution in [0.25, 0.3) is 0 Å². The number of nitrogens with zero attached hydrogens (tertiary/aromatic N) is 1. The van der Waals surface area contributed by atoms with Crippen LogP contribution in [0.5, 0.6) is 11.5 Å². The average molecular weight is 345 g/mol. The Morgan fingerprint density at radius 2 is 2.00 bits per heavy atom. The van der Waals surface area contributed by atoms with Crippen molar-refractivity contribution >= 4 is 15.9 Å². The first-order valence-electron chi connectivity index (χ1n) is 6.68. The summed E-state index contributed by atoms with van der Waals surface area (Å²) in [6.07, 6.45) is 0. The van der Waals surface area contributed by atoms with Gasteiger partial charge in [-0.15, -0.1) is 0 Å². The zero-order valence-corrected chi connectivity index (χ0v) is 13.5. The summed E-state index contributed by atoms with van der Waals surface area (Å²) in [7, 11) is 4.08. The van der Waals surface area contributed by atoms with Gasteiger partial charge in [-0.2, -0.15) is 0 Å². The molecule has 2 rings (SSSR count). The maximum Gasteiger partial charge on any atom is 0.231 e. The second kappa shape index (κ2) is 7.83. The number of nitrogens with one attached hydrogen (secondary N) is 1. The summed E-state index contributed by atoms with van der Waals surface area (Å²) in [5.74, 6) is 1.61. The fourth-order valence-electron chi connectivity index (χ4n) is 1.81. The number of hydrogen-bond donors (Lipinski definition) is 1. The Hall–Kier alpha value is -0.820. The van der Waals surface area contributed by atoms with E-state index in [1.54, 1.807) is 0 Å². The van der Waals surface area contributed by atoms with E-state index in [0.717, 1.165) is 54.4 Å². The fourth-order valence-corrected chi connectivity index (χ4v) is 2.27. The van der Waals surface area contributed by atoms with Crippen LogP contribution in [0.2, 0.25) is 0 Å². The van der Waals surface area contributed by atoms with Crippen LogP contribution in [0.1, 0.15) is 5.56 Å². The van der Waals surface area contributed by atoms with Crippen molar-refractivity contribution in [2.45, 2.75) is 6.54 Å². The van der Waals surface area contributed by atoms with Crippen molar-refractivity contribution in [1.82, 2.24) is 10.2 Å². The standard InChI is InChI=1S/C14H21BrN2O3/c1-17(2)4-6-18-5-3-16-9-11-7-13-14(8-12(11)15)20-10-19-13/h7-8,16H,3-6,9-10H2,1-2H3. The molecule has 0 amide bonds. The van der Waals surface area contributed by atoms with Gasteiger partial charge in [0.1, 0.15) is 0 Å². The Labute approximate surface area is 128 Å². The van der Waals surface area contributed by atoms with E-state index in [9.17, 15) is 0 Å². The number of likely N-dealkylation sites (N-methyl/N-ethyl adjacent to an activating group) is 1. The first-order chi connectivity index (χ1) is 9.66. The average Bonchev–Trinajstić information content (AvgIpc) is 2.84. The largest absolute Gasteiger partial charge is 0.454 e. The van der Waals surface area contributed by atoms with E-state index in [4.69, 9.17) is 14.2 Å². The molecule has 1 aromatic rings. The molecule has 1 N–H and O–H groups in total. The molecule has 0 fully saturated rings. The summed E-state index contributed by atoms with van der Waals surface area (Å²) < 4.78 is 17.3. The van der Waals surface area contributed by atoms with Gasteiger partial charge in [0.2, 0.25) is 6.79 Å². The molecule has 1 aliphatic heterocycles. The lowest BCUT2D eigenvalue weighted by Crippen LogP contribution is -2.23. The number of benzene rings is 1. The molecule has 1 aliphatic rings. The highest BCUT2D eigenvalue weighted by molar-refractivity contribution is 9.10. The quantitative estimate of drug-likeness (QED) is 0.729. The van der Waals surface area contributed by atoms with Crippen molar-refractivity contribution in [2.24, 2.45) is 0 Å². The molecule has 1 heterocycles. The first kappa shape index (κ1) is 15.6. The van der Waals surface area contributed by atoms with E-state index in [-0.39, 0.29) is 0 Å². The van der Waals surface area contributed by atoms with E-state index < -0.39 is 0 Å². The van der Waals surface area contributed by atoms with Crippen LogP contribution in [0.15, 0.2) is 16.6 Å². The molecule has 0 radical (unpaired) electrons. The van der Waals surface area contributed by atoms with E-state index in [1.165, 1.54) is 0 Å². The highest BCUT2D eigenvalue weighted by Gasteiger charge is 2.15. The van der Waals surface area contributed by atoms with Crippen LogP contribution >= 0.6 is 15.9 Å². The number of hydrogen-bond acceptors (Lipinski definition) is 5. The summed E-state index contributed by atoms with van der Waals surface area (Å²) in [5.41, 5.74) is 1.16. The SMILES string of the molecule is CN(C)CCOCCNCc1cc2c(cc1Br)OCO2. The Balaban J connectivity index is 1.67. The van der Waals surface area contributed by atoms with Crippen LogP contribution < -0.4 is 14.8 Å². The third-order valence-corrected chi connectivity index (χ3v) is 3.70. The van der Waals surface area contributed by atoms with Crippen LogP contribution in [0.3, 0.4) is 0 Å². The van der Waals surface area contributed by atoms with Crippen molar-refractivity contribution < 1.29 is 14.2 Å². The number of ether oxygens (including phenoxy) is 3. The van der Waals surface area contributed by atoms with Gasteiger partial charge in [0, 0.05) is 24.1 Å². The van der Waals surface area contributed by atoms with Gasteiger partial charge in [-0.1, -0.05) is 15.9 Å². The van der Waals surface area contributed by atoms with E-state index in [0.29, 0.717) is 6.79 Å². The van der Waals surface area contributed by atoms with E-state index in [1.807, 2.05) is 26.2 Å². The van der Waals surface area contributed by atoms with Crippen LogP contribution in [-0.2, 0) is 11.3 Å². The molecule has 0 saturated heterocycles. The summed E-state index contributed by atoms with van der Waals surface area (Å²) in [5, 5.41) is 3.36. The lowest BCUT2D eigenvalue weighted by atomic mass is 10.2. The number of fused-ring (bicyclic) bond motifs is 1. The van der Waals surface area contributed by atoms with Gasteiger partial charge in [-0.3, -0.25) is 0 Å². The summed E-state index contributed by atoms with van der Waals surface area (Å²) in [6, 6.07) is 3.96.